The van der Waals surface area contributed by atoms with Crippen molar-refractivity contribution in [1.82, 2.24) is 9.97 Å². The molecule has 96 valence electrons. The van der Waals surface area contributed by atoms with Gasteiger partial charge in [-0.1, -0.05) is 38.5 Å². The average molecular weight is 270 g/mol. The lowest BCUT2D eigenvalue weighted by molar-refractivity contribution is 0.848. The number of hydrogen-bond acceptors (Lipinski definition) is 4. The Balaban J connectivity index is 2.53. The van der Waals surface area contributed by atoms with E-state index in [0.717, 1.165) is 27.4 Å². The average Bonchev–Trinajstić information content (AvgIpc) is 2.29. The fraction of sp³-hybridized carbons (Fsp3) is 0.692. The molecular formula is C13H22N2S2. The van der Waals surface area contributed by atoms with Gasteiger partial charge in [0, 0.05) is 11.4 Å². The fourth-order valence-corrected chi connectivity index (χ4v) is 3.37. The first-order chi connectivity index (χ1) is 8.26. The van der Waals surface area contributed by atoms with Crippen molar-refractivity contribution in [1.29, 1.82) is 0 Å². The predicted octanol–water partition coefficient (Wildman–Crippen LogP) is 4.57. The lowest BCUT2D eigenvalue weighted by atomic mass is 10.4. The first-order valence-corrected chi connectivity index (χ1v) is 8.34. The van der Waals surface area contributed by atoms with Gasteiger partial charge in [0.1, 0.15) is 5.03 Å². The number of rotatable bonds is 8. The van der Waals surface area contributed by atoms with Crippen LogP contribution in [-0.2, 0) is 0 Å². The summed E-state index contributed by atoms with van der Waals surface area (Å²) in [6.45, 7) is 6.48. The summed E-state index contributed by atoms with van der Waals surface area (Å²) in [5, 5.41) is 2.07. The van der Waals surface area contributed by atoms with Crippen molar-refractivity contribution in [2.75, 3.05) is 11.5 Å². The Hall–Kier alpha value is -0.220. The first kappa shape index (κ1) is 14.8. The Bertz CT molecular complexity index is 301. The molecule has 2 nitrogen and oxygen atoms in total. The third kappa shape index (κ3) is 6.32. The highest BCUT2D eigenvalue weighted by Gasteiger charge is 2.03. The Morgan fingerprint density at radius 3 is 2.29 bits per heavy atom. The van der Waals surface area contributed by atoms with Crippen molar-refractivity contribution >= 4 is 23.5 Å². The molecular weight excluding hydrogens is 248 g/mol. The summed E-state index contributed by atoms with van der Waals surface area (Å²) in [6, 6.07) is 2.09. The standard InChI is InChI=1S/C13H22N2S2/c1-4-6-8-16-12-10-11(3)14-13(15-12)17-9-7-5-2/h10H,4-9H2,1-3H3. The number of nitrogens with zero attached hydrogens (tertiary/aromatic N) is 2. The SMILES string of the molecule is CCCCSc1cc(C)nc(SCCCC)n1. The summed E-state index contributed by atoms with van der Waals surface area (Å²) < 4.78 is 0. The van der Waals surface area contributed by atoms with Gasteiger partial charge < -0.3 is 0 Å². The van der Waals surface area contributed by atoms with Crippen LogP contribution in [0.4, 0.5) is 0 Å². The van der Waals surface area contributed by atoms with Gasteiger partial charge in [-0.15, -0.1) is 11.8 Å². The quantitative estimate of drug-likeness (QED) is 0.299. The molecule has 17 heavy (non-hydrogen) atoms. The van der Waals surface area contributed by atoms with Gasteiger partial charge in [-0.25, -0.2) is 9.97 Å². The molecule has 0 aliphatic heterocycles. The number of unbranched alkanes of at least 4 members (excludes halogenated alkanes) is 2. The summed E-state index contributed by atoms with van der Waals surface area (Å²) in [5.74, 6) is 2.28. The molecule has 0 bridgehead atoms. The van der Waals surface area contributed by atoms with E-state index in [-0.39, 0.29) is 0 Å². The van der Waals surface area contributed by atoms with Crippen LogP contribution in [0.2, 0.25) is 0 Å². The van der Waals surface area contributed by atoms with Crippen LogP contribution in [0.25, 0.3) is 0 Å². The summed E-state index contributed by atoms with van der Waals surface area (Å²) in [4.78, 5) is 9.06. The first-order valence-electron chi connectivity index (χ1n) is 6.37. The zero-order chi connectivity index (χ0) is 12.5. The maximum Gasteiger partial charge on any atom is 0.188 e. The van der Waals surface area contributed by atoms with Crippen LogP contribution in [0.15, 0.2) is 16.2 Å². The van der Waals surface area contributed by atoms with E-state index in [1.165, 1.54) is 25.7 Å². The summed E-state index contributed by atoms with van der Waals surface area (Å²) in [5.41, 5.74) is 1.08. The predicted molar refractivity (Wildman–Crippen MR) is 78.0 cm³/mol. The van der Waals surface area contributed by atoms with Crippen molar-refractivity contribution in [2.24, 2.45) is 0 Å². The summed E-state index contributed by atoms with van der Waals surface area (Å²) >= 11 is 3.63. The molecule has 1 heterocycles. The van der Waals surface area contributed by atoms with E-state index in [1.54, 1.807) is 11.8 Å². The Morgan fingerprint density at radius 1 is 1.00 bits per heavy atom. The van der Waals surface area contributed by atoms with Gasteiger partial charge in [-0.3, -0.25) is 0 Å². The van der Waals surface area contributed by atoms with E-state index in [0.29, 0.717) is 0 Å². The summed E-state index contributed by atoms with van der Waals surface area (Å²) in [7, 11) is 0. The molecule has 0 saturated carbocycles. The molecule has 0 amide bonds. The molecule has 0 unspecified atom stereocenters. The van der Waals surface area contributed by atoms with Crippen LogP contribution >= 0.6 is 23.5 Å². The molecule has 0 aliphatic rings. The van der Waals surface area contributed by atoms with Gasteiger partial charge >= 0.3 is 0 Å². The van der Waals surface area contributed by atoms with Gasteiger partial charge in [-0.05, 0) is 31.6 Å². The molecule has 1 aromatic heterocycles. The molecule has 4 heteroatoms. The maximum atomic E-state index is 4.59. The van der Waals surface area contributed by atoms with E-state index in [2.05, 4.69) is 36.8 Å². The van der Waals surface area contributed by atoms with Crippen molar-refractivity contribution in [3.05, 3.63) is 11.8 Å². The minimum atomic E-state index is 0.942. The van der Waals surface area contributed by atoms with Crippen LogP contribution < -0.4 is 0 Å². The molecule has 1 rings (SSSR count). The van der Waals surface area contributed by atoms with Crippen molar-refractivity contribution in [3.8, 4) is 0 Å². The van der Waals surface area contributed by atoms with Crippen molar-refractivity contribution < 1.29 is 0 Å². The number of aryl methyl sites for hydroxylation is 1. The van der Waals surface area contributed by atoms with Crippen LogP contribution in [0, 0.1) is 6.92 Å². The normalized spacial score (nSPS) is 10.8. The molecule has 1 aromatic rings. The maximum absolute atomic E-state index is 4.59. The third-order valence-electron chi connectivity index (χ3n) is 2.29. The van der Waals surface area contributed by atoms with Crippen LogP contribution in [0.1, 0.15) is 45.2 Å². The zero-order valence-corrected chi connectivity index (χ0v) is 12.7. The molecule has 0 aromatic carbocycles. The number of hydrogen-bond donors (Lipinski definition) is 0. The van der Waals surface area contributed by atoms with E-state index < -0.39 is 0 Å². The van der Waals surface area contributed by atoms with Gasteiger partial charge in [0.25, 0.3) is 0 Å². The minimum Gasteiger partial charge on any atom is -0.228 e. The van der Waals surface area contributed by atoms with E-state index >= 15 is 0 Å². The van der Waals surface area contributed by atoms with Crippen molar-refractivity contribution in [2.45, 2.75) is 56.6 Å². The van der Waals surface area contributed by atoms with Gasteiger partial charge in [0.2, 0.25) is 0 Å². The van der Waals surface area contributed by atoms with Crippen LogP contribution in [0.5, 0.6) is 0 Å². The van der Waals surface area contributed by atoms with Gasteiger partial charge in [0.15, 0.2) is 5.16 Å². The van der Waals surface area contributed by atoms with Gasteiger partial charge in [-0.2, -0.15) is 0 Å². The monoisotopic (exact) mass is 270 g/mol. The highest BCUT2D eigenvalue weighted by atomic mass is 32.2. The van der Waals surface area contributed by atoms with Crippen LogP contribution in [-0.4, -0.2) is 21.5 Å². The second kappa shape index (κ2) is 8.81. The lowest BCUT2D eigenvalue weighted by Crippen LogP contribution is -1.94. The Kier molecular flexibility index (Phi) is 7.69. The molecule has 0 spiro atoms. The topological polar surface area (TPSA) is 25.8 Å². The Morgan fingerprint density at radius 2 is 1.65 bits per heavy atom. The molecule has 0 N–H and O–H groups in total. The summed E-state index contributed by atoms with van der Waals surface area (Å²) in [6.07, 6.45) is 4.97. The van der Waals surface area contributed by atoms with Crippen LogP contribution in [0.3, 0.4) is 0 Å². The lowest BCUT2D eigenvalue weighted by Gasteiger charge is -2.05. The highest BCUT2D eigenvalue weighted by Crippen LogP contribution is 2.22. The fourth-order valence-electron chi connectivity index (χ4n) is 1.28. The third-order valence-corrected chi connectivity index (χ3v) is 4.22. The highest BCUT2D eigenvalue weighted by molar-refractivity contribution is 7.99. The Labute approximate surface area is 113 Å². The molecule has 0 aliphatic carbocycles. The number of thioether (sulfide) groups is 2. The smallest absolute Gasteiger partial charge is 0.188 e. The van der Waals surface area contributed by atoms with E-state index in [1.807, 2.05) is 11.8 Å². The second-order valence-corrected chi connectivity index (χ2v) is 6.21. The zero-order valence-electron chi connectivity index (χ0n) is 11.0. The molecule has 0 radical (unpaired) electrons. The molecule has 0 fully saturated rings. The molecule has 0 atom stereocenters. The van der Waals surface area contributed by atoms with E-state index in [4.69, 9.17) is 0 Å². The number of aromatic nitrogens is 2. The van der Waals surface area contributed by atoms with E-state index in [9.17, 15) is 0 Å². The largest absolute Gasteiger partial charge is 0.228 e. The minimum absolute atomic E-state index is 0.942. The van der Waals surface area contributed by atoms with Gasteiger partial charge in [0.05, 0.1) is 0 Å². The second-order valence-electron chi connectivity index (χ2n) is 4.03. The molecule has 0 saturated heterocycles. The van der Waals surface area contributed by atoms with Crippen molar-refractivity contribution in [3.63, 3.8) is 0 Å².